The Morgan fingerprint density at radius 3 is 2.82 bits per heavy atom. The average molecular weight is 276 g/mol. The molecule has 2 rings (SSSR count). The predicted molar refractivity (Wildman–Crippen MR) is 60.8 cm³/mol. The van der Waals surface area contributed by atoms with Crippen molar-refractivity contribution in [2.45, 2.75) is 4.90 Å². The van der Waals surface area contributed by atoms with Crippen molar-refractivity contribution in [2.75, 3.05) is 4.72 Å². The van der Waals surface area contributed by atoms with Crippen LogP contribution < -0.4 is 4.72 Å². The normalized spacial score (nSPS) is 11.4. The molecule has 0 bridgehead atoms. The van der Waals surface area contributed by atoms with Gasteiger partial charge < -0.3 is 0 Å². The number of nitrogens with zero attached hydrogens (tertiary/aromatic N) is 1. The highest BCUT2D eigenvalue weighted by molar-refractivity contribution is 7.92. The van der Waals surface area contributed by atoms with Gasteiger partial charge in [-0.2, -0.15) is 5.10 Å². The van der Waals surface area contributed by atoms with Gasteiger partial charge in [0.15, 0.2) is 0 Å². The van der Waals surface area contributed by atoms with Crippen molar-refractivity contribution in [1.29, 1.82) is 0 Å². The molecule has 0 aliphatic carbocycles. The molecule has 0 aliphatic rings. The quantitative estimate of drug-likeness (QED) is 0.900. The third-order valence-corrected chi connectivity index (χ3v) is 3.62. The Labute approximate surface area is 102 Å². The second kappa shape index (κ2) is 4.34. The topological polar surface area (TPSA) is 74.8 Å². The molecule has 8 heteroatoms. The van der Waals surface area contributed by atoms with Gasteiger partial charge in [0, 0.05) is 6.20 Å². The minimum absolute atomic E-state index is 0.0205. The number of aromatic amines is 1. The molecule has 1 aromatic carbocycles. The first kappa shape index (κ1) is 11.9. The monoisotopic (exact) mass is 275 g/mol. The van der Waals surface area contributed by atoms with E-state index in [-0.39, 0.29) is 15.6 Å². The lowest BCUT2D eigenvalue weighted by Gasteiger charge is -2.07. The molecular formula is C9H7ClFN3O2S. The number of aromatic nitrogens is 2. The molecule has 0 unspecified atom stereocenters. The van der Waals surface area contributed by atoms with Crippen LogP contribution in [0.4, 0.5) is 10.1 Å². The van der Waals surface area contributed by atoms with E-state index in [1.807, 2.05) is 0 Å². The zero-order valence-corrected chi connectivity index (χ0v) is 9.89. The SMILES string of the molecule is O=S(=O)(Nc1cc(F)ccc1Cl)c1cn[nH]c1. The maximum absolute atomic E-state index is 13.0. The Bertz CT molecular complexity index is 628. The van der Waals surface area contributed by atoms with Gasteiger partial charge in [-0.15, -0.1) is 0 Å². The van der Waals surface area contributed by atoms with E-state index >= 15 is 0 Å². The summed E-state index contributed by atoms with van der Waals surface area (Å²) in [7, 11) is -3.80. The van der Waals surface area contributed by atoms with Gasteiger partial charge in [0.05, 0.1) is 16.9 Å². The summed E-state index contributed by atoms with van der Waals surface area (Å²) in [6.45, 7) is 0. The van der Waals surface area contributed by atoms with E-state index in [4.69, 9.17) is 11.6 Å². The van der Waals surface area contributed by atoms with Crippen LogP contribution >= 0.6 is 11.6 Å². The summed E-state index contributed by atoms with van der Waals surface area (Å²) >= 11 is 5.75. The molecule has 2 aromatic rings. The van der Waals surface area contributed by atoms with Crippen LogP contribution in [-0.2, 0) is 10.0 Å². The maximum Gasteiger partial charge on any atom is 0.265 e. The molecule has 1 aromatic heterocycles. The molecule has 0 aliphatic heterocycles. The number of sulfonamides is 1. The average Bonchev–Trinajstić information content (AvgIpc) is 2.77. The van der Waals surface area contributed by atoms with Crippen molar-refractivity contribution in [3.8, 4) is 0 Å². The molecule has 0 saturated carbocycles. The van der Waals surface area contributed by atoms with Crippen molar-refractivity contribution in [2.24, 2.45) is 0 Å². The van der Waals surface area contributed by atoms with Crippen LogP contribution in [0.1, 0.15) is 0 Å². The lowest BCUT2D eigenvalue weighted by Crippen LogP contribution is -2.12. The number of nitrogens with one attached hydrogen (secondary N) is 2. The minimum atomic E-state index is -3.80. The van der Waals surface area contributed by atoms with Crippen LogP contribution in [-0.4, -0.2) is 18.6 Å². The molecule has 1 heterocycles. The number of hydrogen-bond acceptors (Lipinski definition) is 3. The summed E-state index contributed by atoms with van der Waals surface area (Å²) in [5, 5.41) is 6.00. The van der Waals surface area contributed by atoms with Gasteiger partial charge in [-0.25, -0.2) is 12.8 Å². The van der Waals surface area contributed by atoms with E-state index in [0.29, 0.717) is 0 Å². The second-order valence-electron chi connectivity index (χ2n) is 3.16. The zero-order chi connectivity index (χ0) is 12.5. The number of H-pyrrole nitrogens is 1. The molecule has 90 valence electrons. The van der Waals surface area contributed by atoms with Gasteiger partial charge in [0.1, 0.15) is 10.7 Å². The fourth-order valence-corrected chi connectivity index (χ4v) is 2.36. The van der Waals surface area contributed by atoms with E-state index in [1.54, 1.807) is 0 Å². The minimum Gasteiger partial charge on any atom is -0.284 e. The van der Waals surface area contributed by atoms with Gasteiger partial charge in [-0.1, -0.05) is 11.6 Å². The first-order valence-corrected chi connectivity index (χ1v) is 6.32. The first-order chi connectivity index (χ1) is 7.99. The molecule has 0 amide bonds. The third-order valence-electron chi connectivity index (χ3n) is 1.96. The molecule has 2 N–H and O–H groups in total. The molecule has 0 atom stereocenters. The van der Waals surface area contributed by atoms with E-state index in [1.165, 1.54) is 12.3 Å². The zero-order valence-electron chi connectivity index (χ0n) is 8.31. The Balaban J connectivity index is 2.36. The fraction of sp³-hybridized carbons (Fsp3) is 0. The standard InChI is InChI=1S/C9H7ClFN3O2S/c10-8-2-1-6(11)3-9(8)14-17(15,16)7-4-12-13-5-7/h1-5,14H,(H,12,13). The van der Waals surface area contributed by atoms with Gasteiger partial charge >= 0.3 is 0 Å². The largest absolute Gasteiger partial charge is 0.284 e. The third kappa shape index (κ3) is 2.56. The number of anilines is 1. The van der Waals surface area contributed by atoms with E-state index in [9.17, 15) is 12.8 Å². The van der Waals surface area contributed by atoms with Gasteiger partial charge in [0.25, 0.3) is 10.0 Å². The highest BCUT2D eigenvalue weighted by Crippen LogP contribution is 2.24. The number of benzene rings is 1. The summed E-state index contributed by atoms with van der Waals surface area (Å²) in [4.78, 5) is -0.0576. The molecule has 0 saturated heterocycles. The number of hydrogen-bond donors (Lipinski definition) is 2. The van der Waals surface area contributed by atoms with Gasteiger partial charge in [0.2, 0.25) is 0 Å². The van der Waals surface area contributed by atoms with E-state index < -0.39 is 15.8 Å². The van der Waals surface area contributed by atoms with Crippen LogP contribution in [0.15, 0.2) is 35.5 Å². The molecular weight excluding hydrogens is 269 g/mol. The van der Waals surface area contributed by atoms with Crippen molar-refractivity contribution in [3.05, 3.63) is 41.4 Å². The van der Waals surface area contributed by atoms with Gasteiger partial charge in [-0.3, -0.25) is 9.82 Å². The van der Waals surface area contributed by atoms with Crippen molar-refractivity contribution in [3.63, 3.8) is 0 Å². The van der Waals surface area contributed by atoms with Crippen LogP contribution in [0.3, 0.4) is 0 Å². The van der Waals surface area contributed by atoms with Crippen LogP contribution in [0, 0.1) is 5.82 Å². The molecule has 17 heavy (non-hydrogen) atoms. The highest BCUT2D eigenvalue weighted by Gasteiger charge is 2.16. The van der Waals surface area contributed by atoms with Crippen molar-refractivity contribution in [1.82, 2.24) is 10.2 Å². The number of rotatable bonds is 3. The summed E-state index contributed by atoms with van der Waals surface area (Å²) in [6.07, 6.45) is 2.34. The lowest BCUT2D eigenvalue weighted by atomic mass is 10.3. The highest BCUT2D eigenvalue weighted by atomic mass is 35.5. The molecule has 5 nitrogen and oxygen atoms in total. The van der Waals surface area contributed by atoms with Gasteiger partial charge in [-0.05, 0) is 18.2 Å². The molecule has 0 radical (unpaired) electrons. The maximum atomic E-state index is 13.0. The molecule has 0 fully saturated rings. The van der Waals surface area contributed by atoms with E-state index in [2.05, 4.69) is 14.9 Å². The Kier molecular flexibility index (Phi) is 3.03. The van der Waals surface area contributed by atoms with Crippen molar-refractivity contribution < 1.29 is 12.8 Å². The van der Waals surface area contributed by atoms with E-state index in [0.717, 1.165) is 18.3 Å². The van der Waals surface area contributed by atoms with Crippen LogP contribution in [0.25, 0.3) is 0 Å². The lowest BCUT2D eigenvalue weighted by molar-refractivity contribution is 0.601. The second-order valence-corrected chi connectivity index (χ2v) is 5.25. The summed E-state index contributed by atoms with van der Waals surface area (Å²) in [5.74, 6) is -0.584. The number of halogens is 2. The fourth-order valence-electron chi connectivity index (χ4n) is 1.17. The smallest absolute Gasteiger partial charge is 0.265 e. The molecule has 0 spiro atoms. The first-order valence-electron chi connectivity index (χ1n) is 4.46. The predicted octanol–water partition coefficient (Wildman–Crippen LogP) is 2.00. The van der Waals surface area contributed by atoms with Crippen LogP contribution in [0.5, 0.6) is 0 Å². The Morgan fingerprint density at radius 1 is 1.41 bits per heavy atom. The Hall–Kier alpha value is -1.60. The summed E-state index contributed by atoms with van der Waals surface area (Å²) in [5.41, 5.74) is -0.0205. The summed E-state index contributed by atoms with van der Waals surface area (Å²) < 4.78 is 38.7. The Morgan fingerprint density at radius 2 is 2.18 bits per heavy atom. The van der Waals surface area contributed by atoms with Crippen LogP contribution in [0.2, 0.25) is 5.02 Å². The summed E-state index contributed by atoms with van der Waals surface area (Å²) in [6, 6.07) is 3.40. The van der Waals surface area contributed by atoms with Crippen molar-refractivity contribution >= 4 is 27.3 Å².